The van der Waals surface area contributed by atoms with Crippen molar-refractivity contribution in [3.63, 3.8) is 0 Å². The monoisotopic (exact) mass is 459 g/mol. The maximum absolute atomic E-state index is 13.3. The van der Waals surface area contributed by atoms with Crippen LogP contribution in [0, 0.1) is 17.0 Å². The Morgan fingerprint density at radius 2 is 1.71 bits per heavy atom. The van der Waals surface area contributed by atoms with Crippen molar-refractivity contribution in [2.75, 3.05) is 16.2 Å². The zero-order chi connectivity index (χ0) is 22.6. The number of nitrogens with zero attached hydrogens (tertiary/aromatic N) is 2. The maximum atomic E-state index is 13.3. The van der Waals surface area contributed by atoms with Crippen molar-refractivity contribution < 1.29 is 18.1 Å². The number of carbonyl (C=O) groups excluding carboxylic acids is 1. The van der Waals surface area contributed by atoms with E-state index in [0.717, 1.165) is 9.87 Å². The molecular weight excluding hydrogens is 442 g/mol. The summed E-state index contributed by atoms with van der Waals surface area (Å²) in [5, 5.41) is 13.9. The van der Waals surface area contributed by atoms with Gasteiger partial charge in [0.05, 0.1) is 15.5 Å². The first-order valence-electron chi connectivity index (χ1n) is 9.06. The smallest absolute Gasteiger partial charge is 0.271 e. The molecule has 0 heterocycles. The number of hydrogen-bond donors (Lipinski definition) is 1. The Balaban J connectivity index is 1.92. The van der Waals surface area contributed by atoms with E-state index in [2.05, 4.69) is 5.32 Å². The van der Waals surface area contributed by atoms with Crippen molar-refractivity contribution in [2.45, 2.75) is 11.8 Å². The van der Waals surface area contributed by atoms with Crippen LogP contribution in [0.1, 0.15) is 5.56 Å². The Morgan fingerprint density at radius 3 is 2.32 bits per heavy atom. The fourth-order valence-corrected chi connectivity index (χ4v) is 4.34. The molecule has 10 heteroatoms. The lowest BCUT2D eigenvalue weighted by atomic mass is 10.2. The number of sulfonamides is 1. The van der Waals surface area contributed by atoms with Gasteiger partial charge in [0, 0.05) is 22.8 Å². The standard InChI is InChI=1S/C21H18ClN3O5S/c1-15-5-11-20(12-6-15)31(29,30)24(18-9-7-16(22)8-10-18)14-21(26)23-17-3-2-4-19(13-17)25(27)28/h2-13H,14H2,1H3,(H,23,26). The predicted octanol–water partition coefficient (Wildman–Crippen LogP) is 4.39. The van der Waals surface area contributed by atoms with Crippen LogP contribution in [0.4, 0.5) is 17.1 Å². The Kier molecular flexibility index (Phi) is 6.57. The van der Waals surface area contributed by atoms with Crippen LogP contribution in [0.2, 0.25) is 5.02 Å². The van der Waals surface area contributed by atoms with E-state index in [1.54, 1.807) is 12.1 Å². The van der Waals surface area contributed by atoms with Crippen LogP contribution in [0.3, 0.4) is 0 Å². The average Bonchev–Trinajstić information content (AvgIpc) is 2.73. The summed E-state index contributed by atoms with van der Waals surface area (Å²) in [7, 11) is -4.07. The van der Waals surface area contributed by atoms with Gasteiger partial charge in [-0.2, -0.15) is 0 Å². The Morgan fingerprint density at radius 1 is 1.06 bits per heavy atom. The highest BCUT2D eigenvalue weighted by molar-refractivity contribution is 7.92. The van der Waals surface area contributed by atoms with Crippen molar-refractivity contribution in [2.24, 2.45) is 0 Å². The summed E-state index contributed by atoms with van der Waals surface area (Å²) in [4.78, 5) is 23.0. The molecule has 31 heavy (non-hydrogen) atoms. The maximum Gasteiger partial charge on any atom is 0.271 e. The number of nitrogens with one attached hydrogen (secondary N) is 1. The second kappa shape index (κ2) is 9.15. The van der Waals surface area contributed by atoms with Gasteiger partial charge in [0.25, 0.3) is 15.7 Å². The van der Waals surface area contributed by atoms with Gasteiger partial charge in [0.1, 0.15) is 6.54 Å². The van der Waals surface area contributed by atoms with E-state index >= 15 is 0 Å². The van der Waals surface area contributed by atoms with E-state index in [9.17, 15) is 23.3 Å². The molecule has 0 aliphatic rings. The second-order valence-electron chi connectivity index (χ2n) is 6.66. The van der Waals surface area contributed by atoms with Crippen molar-refractivity contribution in [1.29, 1.82) is 0 Å². The zero-order valence-electron chi connectivity index (χ0n) is 16.4. The molecular formula is C21H18ClN3O5S. The summed E-state index contributed by atoms with van der Waals surface area (Å²) in [6.45, 7) is 1.29. The van der Waals surface area contributed by atoms with Crippen LogP contribution in [0.25, 0.3) is 0 Å². The van der Waals surface area contributed by atoms with E-state index < -0.39 is 27.4 Å². The minimum Gasteiger partial charge on any atom is -0.324 e. The lowest BCUT2D eigenvalue weighted by molar-refractivity contribution is -0.384. The van der Waals surface area contributed by atoms with E-state index in [1.165, 1.54) is 60.7 Å². The first-order chi connectivity index (χ1) is 14.7. The summed E-state index contributed by atoms with van der Waals surface area (Å²) in [6, 6.07) is 17.7. The number of non-ortho nitro benzene ring substituents is 1. The summed E-state index contributed by atoms with van der Waals surface area (Å²) in [6.07, 6.45) is 0. The molecule has 160 valence electrons. The van der Waals surface area contributed by atoms with Crippen LogP contribution < -0.4 is 9.62 Å². The first-order valence-corrected chi connectivity index (χ1v) is 10.9. The second-order valence-corrected chi connectivity index (χ2v) is 8.96. The number of rotatable bonds is 7. The van der Waals surface area contributed by atoms with Gasteiger partial charge in [-0.15, -0.1) is 0 Å². The average molecular weight is 460 g/mol. The van der Waals surface area contributed by atoms with Crippen molar-refractivity contribution >= 4 is 44.6 Å². The van der Waals surface area contributed by atoms with Crippen molar-refractivity contribution in [3.05, 3.63) is 93.5 Å². The molecule has 1 N–H and O–H groups in total. The first kappa shape index (κ1) is 22.3. The van der Waals surface area contributed by atoms with E-state index in [-0.39, 0.29) is 22.0 Å². The largest absolute Gasteiger partial charge is 0.324 e. The third-order valence-electron chi connectivity index (χ3n) is 4.35. The molecule has 0 saturated carbocycles. The lowest BCUT2D eigenvalue weighted by Crippen LogP contribution is -2.38. The number of halogens is 1. The van der Waals surface area contributed by atoms with Crippen LogP contribution in [-0.2, 0) is 14.8 Å². The SMILES string of the molecule is Cc1ccc(S(=O)(=O)N(CC(=O)Nc2cccc([N+](=O)[O-])c2)c2ccc(Cl)cc2)cc1. The van der Waals surface area contributed by atoms with Gasteiger partial charge in [-0.25, -0.2) is 8.42 Å². The summed E-state index contributed by atoms with van der Waals surface area (Å²) < 4.78 is 27.5. The molecule has 3 rings (SSSR count). The van der Waals surface area contributed by atoms with Crippen LogP contribution >= 0.6 is 11.6 Å². The van der Waals surface area contributed by atoms with Gasteiger partial charge in [0.2, 0.25) is 5.91 Å². The molecule has 0 aliphatic carbocycles. The van der Waals surface area contributed by atoms with Crippen LogP contribution in [0.15, 0.2) is 77.7 Å². The Bertz CT molecular complexity index is 1210. The Hall–Kier alpha value is -3.43. The van der Waals surface area contributed by atoms with Gasteiger partial charge < -0.3 is 5.32 Å². The van der Waals surface area contributed by atoms with Crippen molar-refractivity contribution in [3.8, 4) is 0 Å². The molecule has 8 nitrogen and oxygen atoms in total. The number of nitro benzene ring substituents is 1. The van der Waals surface area contributed by atoms with E-state index in [4.69, 9.17) is 11.6 Å². The molecule has 1 amide bonds. The predicted molar refractivity (Wildman–Crippen MR) is 119 cm³/mol. The number of amides is 1. The Labute approximate surface area is 184 Å². The van der Waals surface area contributed by atoms with Gasteiger partial charge in [-0.3, -0.25) is 19.2 Å². The molecule has 0 saturated heterocycles. The third-order valence-corrected chi connectivity index (χ3v) is 6.39. The van der Waals surface area contributed by atoms with Crippen LogP contribution in [0.5, 0.6) is 0 Å². The van der Waals surface area contributed by atoms with E-state index in [1.807, 2.05) is 6.92 Å². The van der Waals surface area contributed by atoms with Gasteiger partial charge in [-0.05, 0) is 49.4 Å². The third kappa shape index (κ3) is 5.39. The molecule has 0 aliphatic heterocycles. The number of benzene rings is 3. The normalized spacial score (nSPS) is 11.0. The highest BCUT2D eigenvalue weighted by Gasteiger charge is 2.27. The molecule has 0 radical (unpaired) electrons. The highest BCUT2D eigenvalue weighted by Crippen LogP contribution is 2.26. The minimum absolute atomic E-state index is 0.0243. The van der Waals surface area contributed by atoms with Gasteiger partial charge in [-0.1, -0.05) is 35.4 Å². The van der Waals surface area contributed by atoms with Crippen LogP contribution in [-0.4, -0.2) is 25.8 Å². The number of nitro groups is 1. The molecule has 0 unspecified atom stereocenters. The molecule has 0 bridgehead atoms. The number of carbonyl (C=O) groups is 1. The number of hydrogen-bond acceptors (Lipinski definition) is 5. The zero-order valence-corrected chi connectivity index (χ0v) is 17.9. The molecule has 3 aromatic carbocycles. The minimum atomic E-state index is -4.07. The molecule has 0 atom stereocenters. The summed E-state index contributed by atoms with van der Waals surface area (Å²) in [5.41, 5.74) is 1.13. The molecule has 0 spiro atoms. The fourth-order valence-electron chi connectivity index (χ4n) is 2.79. The molecule has 0 fully saturated rings. The fraction of sp³-hybridized carbons (Fsp3) is 0.0952. The van der Waals surface area contributed by atoms with E-state index in [0.29, 0.717) is 5.02 Å². The topological polar surface area (TPSA) is 110 Å². The number of anilines is 2. The van der Waals surface area contributed by atoms with Gasteiger partial charge >= 0.3 is 0 Å². The molecule has 3 aromatic rings. The quantitative estimate of drug-likeness (QED) is 0.416. The molecule has 0 aromatic heterocycles. The highest BCUT2D eigenvalue weighted by atomic mass is 35.5. The lowest BCUT2D eigenvalue weighted by Gasteiger charge is -2.24. The van der Waals surface area contributed by atoms with Gasteiger partial charge in [0.15, 0.2) is 0 Å². The number of aryl methyl sites for hydroxylation is 1. The summed E-state index contributed by atoms with van der Waals surface area (Å²) >= 11 is 5.92. The summed E-state index contributed by atoms with van der Waals surface area (Å²) in [5.74, 6) is -0.661. The van der Waals surface area contributed by atoms with Crippen molar-refractivity contribution in [1.82, 2.24) is 0 Å².